The number of hydrogen-bond acceptors (Lipinski definition) is 4. The molecule has 1 aliphatic rings. The highest BCUT2D eigenvalue weighted by Crippen LogP contribution is 2.29. The maximum Gasteiger partial charge on any atom is 0.243 e. The van der Waals surface area contributed by atoms with Crippen LogP contribution in [0.25, 0.3) is 11.4 Å². The third-order valence-electron chi connectivity index (χ3n) is 4.89. The summed E-state index contributed by atoms with van der Waals surface area (Å²) >= 11 is 5.87. The molecule has 1 N–H and O–H groups in total. The van der Waals surface area contributed by atoms with Crippen LogP contribution in [0.2, 0.25) is 5.02 Å². The van der Waals surface area contributed by atoms with Gasteiger partial charge in [0.1, 0.15) is 6.54 Å². The fourth-order valence-corrected chi connectivity index (χ4v) is 3.32. The number of nitrogens with zero attached hydrogens (tertiary/aromatic N) is 4. The molecule has 1 saturated carbocycles. The summed E-state index contributed by atoms with van der Waals surface area (Å²) in [5.74, 6) is 1.56. The molecule has 3 atom stereocenters. The third-order valence-corrected chi connectivity index (χ3v) is 5.15. The first kappa shape index (κ1) is 16.9. The average Bonchev–Trinajstić information content (AvgIpc) is 3.01. The molecule has 0 aliphatic heterocycles. The minimum absolute atomic E-state index is 0.0685. The number of nitrogens with one attached hydrogen (secondary N) is 1. The molecule has 1 fully saturated rings. The van der Waals surface area contributed by atoms with Crippen molar-refractivity contribution in [2.45, 2.75) is 45.7 Å². The van der Waals surface area contributed by atoms with Gasteiger partial charge in [0.05, 0.1) is 0 Å². The summed E-state index contributed by atoms with van der Waals surface area (Å²) in [6, 6.07) is 7.44. The molecule has 1 aromatic heterocycles. The Kier molecular flexibility index (Phi) is 5.14. The van der Waals surface area contributed by atoms with Gasteiger partial charge < -0.3 is 5.32 Å². The maximum atomic E-state index is 12.3. The Morgan fingerprint density at radius 1 is 1.29 bits per heavy atom. The number of amides is 1. The van der Waals surface area contributed by atoms with Gasteiger partial charge in [-0.3, -0.25) is 4.79 Å². The zero-order valence-electron chi connectivity index (χ0n) is 13.9. The van der Waals surface area contributed by atoms with Crippen molar-refractivity contribution in [2.75, 3.05) is 0 Å². The molecule has 0 spiro atoms. The normalized spacial score (nSPS) is 23.9. The Balaban J connectivity index is 1.60. The molecule has 1 aromatic carbocycles. The fraction of sp³-hybridized carbons (Fsp3) is 0.529. The number of halogens is 1. The summed E-state index contributed by atoms with van der Waals surface area (Å²) in [7, 11) is 0. The van der Waals surface area contributed by atoms with Crippen LogP contribution in [0.1, 0.15) is 33.1 Å². The monoisotopic (exact) mass is 347 g/mol. The molecule has 0 bridgehead atoms. The molecule has 1 heterocycles. The summed E-state index contributed by atoms with van der Waals surface area (Å²) in [5, 5.41) is 16.0. The molecule has 6 nitrogen and oxygen atoms in total. The van der Waals surface area contributed by atoms with E-state index >= 15 is 0 Å². The highest BCUT2D eigenvalue weighted by molar-refractivity contribution is 6.30. The van der Waals surface area contributed by atoms with Gasteiger partial charge in [0.2, 0.25) is 11.7 Å². The first-order valence-corrected chi connectivity index (χ1v) is 8.74. The summed E-state index contributed by atoms with van der Waals surface area (Å²) < 4.78 is 0. The summed E-state index contributed by atoms with van der Waals surface area (Å²) in [6.45, 7) is 4.54. The molecule has 24 heavy (non-hydrogen) atoms. The van der Waals surface area contributed by atoms with Crippen LogP contribution < -0.4 is 5.32 Å². The van der Waals surface area contributed by atoms with Gasteiger partial charge in [-0.05, 0) is 47.7 Å². The van der Waals surface area contributed by atoms with E-state index in [-0.39, 0.29) is 18.5 Å². The van der Waals surface area contributed by atoms with Crippen LogP contribution in [0.5, 0.6) is 0 Å². The lowest BCUT2D eigenvalue weighted by Gasteiger charge is -2.34. The Bertz CT molecular complexity index is 699. The summed E-state index contributed by atoms with van der Waals surface area (Å²) in [4.78, 5) is 13.6. The fourth-order valence-electron chi connectivity index (χ4n) is 3.19. The number of carbonyl (C=O) groups is 1. The molecule has 2 aromatic rings. The Labute approximate surface area is 146 Å². The minimum atomic E-state index is -0.0685. The highest BCUT2D eigenvalue weighted by Gasteiger charge is 2.28. The third kappa shape index (κ3) is 3.93. The van der Waals surface area contributed by atoms with Crippen LogP contribution in [-0.4, -0.2) is 32.2 Å². The molecule has 128 valence electrons. The highest BCUT2D eigenvalue weighted by atomic mass is 35.5. The first-order chi connectivity index (χ1) is 11.5. The van der Waals surface area contributed by atoms with Crippen LogP contribution in [0.3, 0.4) is 0 Å². The Hall–Kier alpha value is -1.95. The zero-order valence-corrected chi connectivity index (χ0v) is 14.7. The smallest absolute Gasteiger partial charge is 0.243 e. The lowest BCUT2D eigenvalue weighted by molar-refractivity contribution is -0.123. The van der Waals surface area contributed by atoms with Crippen molar-refractivity contribution in [3.8, 4) is 11.4 Å². The van der Waals surface area contributed by atoms with E-state index in [0.717, 1.165) is 12.0 Å². The molecule has 1 aliphatic carbocycles. The van der Waals surface area contributed by atoms with Crippen LogP contribution in [0.4, 0.5) is 0 Å². The van der Waals surface area contributed by atoms with Gasteiger partial charge in [0.15, 0.2) is 0 Å². The largest absolute Gasteiger partial charge is 0.351 e. The molecular weight excluding hydrogens is 326 g/mol. The van der Waals surface area contributed by atoms with Crippen molar-refractivity contribution in [3.05, 3.63) is 29.3 Å². The van der Waals surface area contributed by atoms with E-state index in [2.05, 4.69) is 34.6 Å². The minimum Gasteiger partial charge on any atom is -0.351 e. The van der Waals surface area contributed by atoms with Crippen molar-refractivity contribution < 1.29 is 4.79 Å². The average molecular weight is 348 g/mol. The van der Waals surface area contributed by atoms with E-state index in [1.54, 1.807) is 12.1 Å². The first-order valence-electron chi connectivity index (χ1n) is 8.36. The number of tetrazole rings is 1. The van der Waals surface area contributed by atoms with Crippen molar-refractivity contribution >= 4 is 17.5 Å². The second kappa shape index (κ2) is 7.30. The van der Waals surface area contributed by atoms with Crippen molar-refractivity contribution in [3.63, 3.8) is 0 Å². The van der Waals surface area contributed by atoms with E-state index in [1.807, 2.05) is 12.1 Å². The van der Waals surface area contributed by atoms with E-state index < -0.39 is 0 Å². The number of aromatic nitrogens is 4. The lowest BCUT2D eigenvalue weighted by Crippen LogP contribution is -2.45. The van der Waals surface area contributed by atoms with Gasteiger partial charge in [-0.25, -0.2) is 0 Å². The number of carbonyl (C=O) groups excluding carboxylic acids is 1. The standard InChI is InChI=1S/C17H22ClN5O/c1-11-4-3-5-15(12(11)2)19-16(24)10-23-21-17(20-22-23)13-6-8-14(18)9-7-13/h6-9,11-12,15H,3-5,10H2,1-2H3,(H,19,24)/t11-,12+,15+/m0/s1. The second-order valence-electron chi connectivity index (χ2n) is 6.59. The van der Waals surface area contributed by atoms with Crippen molar-refractivity contribution in [2.24, 2.45) is 11.8 Å². The molecule has 0 unspecified atom stereocenters. The molecular formula is C17H22ClN5O. The quantitative estimate of drug-likeness (QED) is 0.922. The number of benzene rings is 1. The van der Waals surface area contributed by atoms with Crippen molar-refractivity contribution in [1.82, 2.24) is 25.5 Å². The van der Waals surface area contributed by atoms with Gasteiger partial charge in [-0.15, -0.1) is 10.2 Å². The van der Waals surface area contributed by atoms with Gasteiger partial charge in [-0.2, -0.15) is 4.80 Å². The lowest BCUT2D eigenvalue weighted by atomic mass is 9.78. The molecule has 0 radical (unpaired) electrons. The van der Waals surface area contributed by atoms with Gasteiger partial charge in [0, 0.05) is 16.6 Å². The number of rotatable bonds is 4. The van der Waals surface area contributed by atoms with E-state index in [0.29, 0.717) is 22.7 Å². The maximum absolute atomic E-state index is 12.3. The van der Waals surface area contributed by atoms with E-state index in [9.17, 15) is 4.79 Å². The van der Waals surface area contributed by atoms with Crippen LogP contribution in [0.15, 0.2) is 24.3 Å². The predicted molar refractivity (Wildman–Crippen MR) is 92.4 cm³/mol. The van der Waals surface area contributed by atoms with Gasteiger partial charge in [0.25, 0.3) is 0 Å². The molecule has 1 amide bonds. The van der Waals surface area contributed by atoms with E-state index in [4.69, 9.17) is 11.6 Å². The predicted octanol–water partition coefficient (Wildman–Crippen LogP) is 2.93. The Morgan fingerprint density at radius 2 is 2.04 bits per heavy atom. The molecule has 3 rings (SSSR count). The van der Waals surface area contributed by atoms with Crippen LogP contribution >= 0.6 is 11.6 Å². The van der Waals surface area contributed by atoms with Crippen molar-refractivity contribution in [1.29, 1.82) is 0 Å². The van der Waals surface area contributed by atoms with Crippen LogP contribution in [-0.2, 0) is 11.3 Å². The topological polar surface area (TPSA) is 72.7 Å². The second-order valence-corrected chi connectivity index (χ2v) is 7.03. The van der Waals surface area contributed by atoms with Gasteiger partial charge in [-0.1, -0.05) is 38.3 Å². The summed E-state index contributed by atoms with van der Waals surface area (Å²) in [5.41, 5.74) is 0.820. The molecule has 7 heteroatoms. The molecule has 0 saturated heterocycles. The zero-order chi connectivity index (χ0) is 17.1. The SMILES string of the molecule is C[C@@H]1[C@@H](C)CCC[C@H]1NC(=O)Cn1nnc(-c2ccc(Cl)cc2)n1. The van der Waals surface area contributed by atoms with E-state index in [1.165, 1.54) is 17.6 Å². The van der Waals surface area contributed by atoms with Crippen LogP contribution in [0, 0.1) is 11.8 Å². The Morgan fingerprint density at radius 3 is 2.79 bits per heavy atom. The number of hydrogen-bond donors (Lipinski definition) is 1. The summed E-state index contributed by atoms with van der Waals surface area (Å²) in [6.07, 6.45) is 3.44. The van der Waals surface area contributed by atoms with Gasteiger partial charge >= 0.3 is 0 Å².